The number of hydrogen-bond acceptors (Lipinski definition) is 4. The van der Waals surface area contributed by atoms with Gasteiger partial charge in [0.15, 0.2) is 11.4 Å². The van der Waals surface area contributed by atoms with Crippen molar-refractivity contribution in [2.75, 3.05) is 11.4 Å². The molecule has 0 N–H and O–H groups in total. The zero-order valence-corrected chi connectivity index (χ0v) is 11.5. The van der Waals surface area contributed by atoms with E-state index < -0.39 is 0 Å². The highest BCUT2D eigenvalue weighted by Crippen LogP contribution is 2.26. The number of carbonyl (C=O) groups excluding carboxylic acids is 1. The smallest absolute Gasteiger partial charge is 0.186 e. The van der Waals surface area contributed by atoms with Gasteiger partial charge in [0.2, 0.25) is 0 Å². The largest absolute Gasteiger partial charge is 0.345 e. The second-order valence-corrected chi connectivity index (χ2v) is 5.71. The fourth-order valence-electron chi connectivity index (χ4n) is 1.53. The zero-order chi connectivity index (χ0) is 12.3. The van der Waals surface area contributed by atoms with Crippen LogP contribution in [0.4, 0.5) is 5.13 Å². The number of anilines is 1. The van der Waals surface area contributed by atoms with Crippen LogP contribution in [-0.2, 0) is 0 Å². The van der Waals surface area contributed by atoms with Crippen LogP contribution in [0.1, 0.15) is 43.1 Å². The van der Waals surface area contributed by atoms with E-state index in [0.717, 1.165) is 28.5 Å². The maximum atomic E-state index is 10.8. The number of rotatable bonds is 5. The van der Waals surface area contributed by atoms with E-state index in [4.69, 9.17) is 0 Å². The molecule has 0 spiro atoms. The molecule has 0 radical (unpaired) electrons. The lowest BCUT2D eigenvalue weighted by Crippen LogP contribution is -2.34. The highest BCUT2D eigenvalue weighted by atomic mass is 32.1. The Balaban J connectivity index is 2.96. The number of aryl methyl sites for hydroxylation is 1. The van der Waals surface area contributed by atoms with Crippen molar-refractivity contribution in [2.24, 2.45) is 5.92 Å². The van der Waals surface area contributed by atoms with Crippen LogP contribution in [0, 0.1) is 12.8 Å². The van der Waals surface area contributed by atoms with Crippen LogP contribution in [-0.4, -0.2) is 23.9 Å². The molecule has 0 saturated carbocycles. The Bertz CT molecular complexity index is 358. The van der Waals surface area contributed by atoms with E-state index in [-0.39, 0.29) is 0 Å². The fraction of sp³-hybridized carbons (Fsp3) is 0.667. The molecule has 0 amide bonds. The summed E-state index contributed by atoms with van der Waals surface area (Å²) < 4.78 is 0. The predicted molar refractivity (Wildman–Crippen MR) is 69.6 cm³/mol. The SMILES string of the molecule is Cc1nc(N(CC(C)C)C(C)C)sc1C=O. The molecule has 1 rings (SSSR count). The lowest BCUT2D eigenvalue weighted by atomic mass is 10.2. The molecule has 90 valence electrons. The van der Waals surface area contributed by atoms with Gasteiger partial charge >= 0.3 is 0 Å². The van der Waals surface area contributed by atoms with Crippen molar-refractivity contribution < 1.29 is 4.79 Å². The van der Waals surface area contributed by atoms with Crippen LogP contribution in [0.3, 0.4) is 0 Å². The van der Waals surface area contributed by atoms with Gasteiger partial charge in [0.25, 0.3) is 0 Å². The first-order valence-electron chi connectivity index (χ1n) is 5.65. The molecule has 0 atom stereocenters. The first-order valence-corrected chi connectivity index (χ1v) is 6.46. The quantitative estimate of drug-likeness (QED) is 0.741. The van der Waals surface area contributed by atoms with Gasteiger partial charge in [-0.15, -0.1) is 0 Å². The van der Waals surface area contributed by atoms with Gasteiger partial charge in [0, 0.05) is 12.6 Å². The number of aldehydes is 1. The lowest BCUT2D eigenvalue weighted by Gasteiger charge is -2.27. The predicted octanol–water partition coefficient (Wildman–Crippen LogP) is 3.13. The fourth-order valence-corrected chi connectivity index (χ4v) is 2.55. The van der Waals surface area contributed by atoms with Gasteiger partial charge < -0.3 is 4.90 Å². The summed E-state index contributed by atoms with van der Waals surface area (Å²) in [6.45, 7) is 11.5. The van der Waals surface area contributed by atoms with Gasteiger partial charge in [-0.3, -0.25) is 4.79 Å². The van der Waals surface area contributed by atoms with Crippen molar-refractivity contribution in [2.45, 2.75) is 40.7 Å². The van der Waals surface area contributed by atoms with E-state index in [9.17, 15) is 4.79 Å². The molecule has 0 saturated heterocycles. The van der Waals surface area contributed by atoms with E-state index in [2.05, 4.69) is 37.6 Å². The molecule has 0 aliphatic carbocycles. The Morgan fingerprint density at radius 3 is 2.38 bits per heavy atom. The minimum absolute atomic E-state index is 0.410. The molecule has 0 aliphatic heterocycles. The van der Waals surface area contributed by atoms with E-state index in [0.29, 0.717) is 12.0 Å². The van der Waals surface area contributed by atoms with Gasteiger partial charge in [-0.1, -0.05) is 25.2 Å². The summed E-state index contributed by atoms with van der Waals surface area (Å²) in [7, 11) is 0. The van der Waals surface area contributed by atoms with Gasteiger partial charge in [-0.25, -0.2) is 4.98 Å². The van der Waals surface area contributed by atoms with Crippen LogP contribution < -0.4 is 4.90 Å². The molecule has 1 aromatic rings. The third-order valence-electron chi connectivity index (χ3n) is 2.36. The highest BCUT2D eigenvalue weighted by molar-refractivity contribution is 7.17. The Morgan fingerprint density at radius 1 is 1.38 bits per heavy atom. The monoisotopic (exact) mass is 240 g/mol. The Kier molecular flexibility index (Phi) is 4.47. The number of thiazole rings is 1. The number of hydrogen-bond donors (Lipinski definition) is 0. The average molecular weight is 240 g/mol. The number of nitrogens with zero attached hydrogens (tertiary/aromatic N) is 2. The maximum absolute atomic E-state index is 10.8. The molecule has 0 bridgehead atoms. The van der Waals surface area contributed by atoms with Gasteiger partial charge in [0.1, 0.15) is 0 Å². The summed E-state index contributed by atoms with van der Waals surface area (Å²) in [5.74, 6) is 0.589. The third kappa shape index (κ3) is 3.04. The standard InChI is InChI=1S/C12H20N2OS/c1-8(2)6-14(9(3)4)12-13-10(5)11(7-15)16-12/h7-9H,6H2,1-5H3. The maximum Gasteiger partial charge on any atom is 0.186 e. The zero-order valence-electron chi connectivity index (χ0n) is 10.7. The molecule has 0 aliphatic rings. The highest BCUT2D eigenvalue weighted by Gasteiger charge is 2.17. The molecular formula is C12H20N2OS. The summed E-state index contributed by atoms with van der Waals surface area (Å²) in [4.78, 5) is 18.3. The first kappa shape index (κ1) is 13.2. The molecule has 0 aromatic carbocycles. The second-order valence-electron chi connectivity index (χ2n) is 4.70. The van der Waals surface area contributed by atoms with Crippen molar-refractivity contribution >= 4 is 22.8 Å². The molecule has 4 heteroatoms. The summed E-state index contributed by atoms with van der Waals surface area (Å²) in [6.07, 6.45) is 0.893. The molecule has 16 heavy (non-hydrogen) atoms. The van der Waals surface area contributed by atoms with Crippen molar-refractivity contribution in [1.29, 1.82) is 0 Å². The van der Waals surface area contributed by atoms with E-state index in [1.165, 1.54) is 11.3 Å². The molecule has 0 unspecified atom stereocenters. The van der Waals surface area contributed by atoms with Crippen molar-refractivity contribution in [3.05, 3.63) is 10.6 Å². The van der Waals surface area contributed by atoms with Gasteiger partial charge in [0.05, 0.1) is 10.6 Å². The minimum Gasteiger partial charge on any atom is -0.345 e. The number of carbonyl (C=O) groups is 1. The van der Waals surface area contributed by atoms with E-state index in [1.807, 2.05) is 6.92 Å². The summed E-state index contributed by atoms with van der Waals surface area (Å²) in [5.41, 5.74) is 0.837. The normalized spacial score (nSPS) is 11.2. The Morgan fingerprint density at radius 2 is 2.00 bits per heavy atom. The number of aromatic nitrogens is 1. The van der Waals surface area contributed by atoms with E-state index >= 15 is 0 Å². The van der Waals surface area contributed by atoms with Crippen molar-refractivity contribution in [3.8, 4) is 0 Å². The van der Waals surface area contributed by atoms with Crippen LogP contribution in [0.15, 0.2) is 0 Å². The topological polar surface area (TPSA) is 33.2 Å². The van der Waals surface area contributed by atoms with Crippen LogP contribution in [0.5, 0.6) is 0 Å². The Hall–Kier alpha value is -0.900. The van der Waals surface area contributed by atoms with Gasteiger partial charge in [-0.05, 0) is 26.7 Å². The van der Waals surface area contributed by atoms with E-state index in [1.54, 1.807) is 0 Å². The summed E-state index contributed by atoms with van der Waals surface area (Å²) in [5, 5.41) is 0.961. The third-order valence-corrected chi connectivity index (χ3v) is 3.48. The molecule has 0 fully saturated rings. The summed E-state index contributed by atoms with van der Waals surface area (Å²) in [6, 6.07) is 0.410. The van der Waals surface area contributed by atoms with Crippen LogP contribution >= 0.6 is 11.3 Å². The average Bonchev–Trinajstić information content (AvgIpc) is 2.55. The Labute approximate surface area is 101 Å². The lowest BCUT2D eigenvalue weighted by molar-refractivity contribution is 0.112. The van der Waals surface area contributed by atoms with Crippen molar-refractivity contribution in [3.63, 3.8) is 0 Å². The summed E-state index contributed by atoms with van der Waals surface area (Å²) >= 11 is 1.48. The molecule has 1 heterocycles. The van der Waals surface area contributed by atoms with Crippen molar-refractivity contribution in [1.82, 2.24) is 4.98 Å². The second kappa shape index (κ2) is 5.43. The molecule has 3 nitrogen and oxygen atoms in total. The minimum atomic E-state index is 0.410. The molecular weight excluding hydrogens is 220 g/mol. The van der Waals surface area contributed by atoms with Crippen LogP contribution in [0.2, 0.25) is 0 Å². The van der Waals surface area contributed by atoms with Crippen LogP contribution in [0.25, 0.3) is 0 Å². The first-order chi connectivity index (χ1) is 7.45. The van der Waals surface area contributed by atoms with Gasteiger partial charge in [-0.2, -0.15) is 0 Å². The molecule has 1 aromatic heterocycles.